The van der Waals surface area contributed by atoms with E-state index < -0.39 is 0 Å². The van der Waals surface area contributed by atoms with Gasteiger partial charge < -0.3 is 4.74 Å². The van der Waals surface area contributed by atoms with Crippen LogP contribution < -0.4 is 4.74 Å². The Labute approximate surface area is 119 Å². The Hall–Kier alpha value is -1.65. The first kappa shape index (κ1) is 13.3. The van der Waals surface area contributed by atoms with Crippen molar-refractivity contribution in [1.82, 2.24) is 19.5 Å². The van der Waals surface area contributed by atoms with Gasteiger partial charge in [-0.25, -0.2) is 9.97 Å². The quantitative estimate of drug-likeness (QED) is 0.859. The van der Waals surface area contributed by atoms with Crippen molar-refractivity contribution in [1.29, 1.82) is 0 Å². The van der Waals surface area contributed by atoms with E-state index in [4.69, 9.17) is 4.74 Å². The number of aryl methyl sites for hydroxylation is 1. The topological polar surface area (TPSA) is 52.8 Å². The number of fused-ring (bicyclic) bond motifs is 1. The average molecular weight is 274 g/mol. The Morgan fingerprint density at radius 3 is 2.80 bits per heavy atom. The molecule has 2 aromatic rings. The minimum Gasteiger partial charge on any atom is -0.465 e. The number of ether oxygens (including phenoxy) is 1. The van der Waals surface area contributed by atoms with Crippen LogP contribution in [0.1, 0.15) is 44.7 Å². The molecule has 0 aliphatic heterocycles. The molecule has 0 unspecified atom stereocenters. The van der Waals surface area contributed by atoms with E-state index in [0.717, 1.165) is 17.9 Å². The van der Waals surface area contributed by atoms with Crippen LogP contribution in [0.5, 0.6) is 6.01 Å². The van der Waals surface area contributed by atoms with Gasteiger partial charge in [0.25, 0.3) is 6.01 Å². The molecule has 0 spiro atoms. The molecule has 1 aliphatic carbocycles. The molecule has 1 saturated carbocycles. The molecule has 5 nitrogen and oxygen atoms in total. The van der Waals surface area contributed by atoms with Crippen molar-refractivity contribution < 1.29 is 4.74 Å². The smallest absolute Gasteiger partial charge is 0.300 e. The first-order valence-corrected chi connectivity index (χ1v) is 7.60. The maximum Gasteiger partial charge on any atom is 0.300 e. The van der Waals surface area contributed by atoms with Gasteiger partial charge in [0.2, 0.25) is 5.65 Å². The summed E-state index contributed by atoms with van der Waals surface area (Å²) in [7, 11) is 0. The summed E-state index contributed by atoms with van der Waals surface area (Å²) in [5.41, 5.74) is 2.47. The number of rotatable bonds is 4. The van der Waals surface area contributed by atoms with Gasteiger partial charge in [0, 0.05) is 6.54 Å². The highest BCUT2D eigenvalue weighted by molar-refractivity contribution is 5.67. The van der Waals surface area contributed by atoms with Crippen molar-refractivity contribution in [3.05, 3.63) is 11.9 Å². The molecule has 1 fully saturated rings. The zero-order chi connectivity index (χ0) is 13.9. The molecule has 2 heterocycles. The fraction of sp³-hybridized carbons (Fsp3) is 0.667. The highest BCUT2D eigenvalue weighted by atomic mass is 16.5. The first-order chi connectivity index (χ1) is 9.78. The fourth-order valence-electron chi connectivity index (χ4n) is 2.99. The van der Waals surface area contributed by atoms with Crippen LogP contribution in [0, 0.1) is 12.8 Å². The largest absolute Gasteiger partial charge is 0.465 e. The van der Waals surface area contributed by atoms with Crippen molar-refractivity contribution in [2.24, 2.45) is 5.92 Å². The second-order valence-corrected chi connectivity index (χ2v) is 5.60. The standard InChI is InChI=1S/C15H22N4O/c1-3-20-15-18-13-14(17-11(2)9-16-13)19(15)10-12-7-5-4-6-8-12/h9,12H,3-8,10H2,1-2H3. The molecule has 0 saturated heterocycles. The molecular weight excluding hydrogens is 252 g/mol. The Balaban J connectivity index is 1.96. The zero-order valence-electron chi connectivity index (χ0n) is 12.3. The number of imidazole rings is 1. The van der Waals surface area contributed by atoms with Gasteiger partial charge in [-0.15, -0.1) is 0 Å². The van der Waals surface area contributed by atoms with Gasteiger partial charge in [-0.2, -0.15) is 4.98 Å². The van der Waals surface area contributed by atoms with Crippen LogP contribution >= 0.6 is 0 Å². The van der Waals surface area contributed by atoms with Gasteiger partial charge in [-0.1, -0.05) is 19.3 Å². The van der Waals surface area contributed by atoms with Crippen LogP contribution in [0.2, 0.25) is 0 Å². The van der Waals surface area contributed by atoms with Crippen molar-refractivity contribution >= 4 is 11.3 Å². The van der Waals surface area contributed by atoms with Gasteiger partial charge in [-0.3, -0.25) is 4.57 Å². The molecule has 3 rings (SSSR count). The van der Waals surface area contributed by atoms with E-state index in [1.807, 2.05) is 13.8 Å². The lowest BCUT2D eigenvalue weighted by Crippen LogP contribution is -2.15. The number of hydrogen-bond acceptors (Lipinski definition) is 4. The van der Waals surface area contributed by atoms with Crippen LogP contribution in [-0.4, -0.2) is 26.1 Å². The van der Waals surface area contributed by atoms with Crippen molar-refractivity contribution in [2.75, 3.05) is 6.61 Å². The molecule has 2 aromatic heterocycles. The highest BCUT2D eigenvalue weighted by Crippen LogP contribution is 2.28. The van der Waals surface area contributed by atoms with Crippen molar-refractivity contribution in [2.45, 2.75) is 52.5 Å². The third kappa shape index (κ3) is 2.62. The summed E-state index contributed by atoms with van der Waals surface area (Å²) in [6.45, 7) is 5.51. The average Bonchev–Trinajstić information content (AvgIpc) is 2.78. The monoisotopic (exact) mass is 274 g/mol. The lowest BCUT2D eigenvalue weighted by atomic mass is 9.89. The summed E-state index contributed by atoms with van der Waals surface area (Å²) < 4.78 is 7.80. The van der Waals surface area contributed by atoms with E-state index in [0.29, 0.717) is 24.2 Å². The van der Waals surface area contributed by atoms with Crippen LogP contribution in [0.15, 0.2) is 6.20 Å². The minimum absolute atomic E-state index is 0.618. The lowest BCUT2D eigenvalue weighted by molar-refractivity contribution is 0.268. The predicted molar refractivity (Wildman–Crippen MR) is 77.8 cm³/mol. The van der Waals surface area contributed by atoms with E-state index in [9.17, 15) is 0 Å². The Bertz CT molecular complexity index is 587. The predicted octanol–water partition coefficient (Wildman–Crippen LogP) is 3.11. The summed E-state index contributed by atoms with van der Waals surface area (Å²) in [4.78, 5) is 13.4. The first-order valence-electron chi connectivity index (χ1n) is 7.60. The van der Waals surface area contributed by atoms with E-state index in [-0.39, 0.29) is 0 Å². The third-order valence-corrected chi connectivity index (χ3v) is 3.98. The molecule has 0 bridgehead atoms. The number of aromatic nitrogens is 4. The van der Waals surface area contributed by atoms with Gasteiger partial charge in [0.05, 0.1) is 18.5 Å². The zero-order valence-corrected chi connectivity index (χ0v) is 12.3. The molecule has 5 heteroatoms. The number of hydrogen-bond donors (Lipinski definition) is 0. The summed E-state index contributed by atoms with van der Waals surface area (Å²) >= 11 is 0. The molecule has 0 radical (unpaired) electrons. The molecule has 108 valence electrons. The maximum absolute atomic E-state index is 5.68. The van der Waals surface area contributed by atoms with Crippen molar-refractivity contribution in [3.8, 4) is 6.01 Å². The molecule has 20 heavy (non-hydrogen) atoms. The van der Waals surface area contributed by atoms with Crippen LogP contribution in [0.4, 0.5) is 0 Å². The second kappa shape index (κ2) is 5.77. The lowest BCUT2D eigenvalue weighted by Gasteiger charge is -2.22. The van der Waals surface area contributed by atoms with Gasteiger partial charge >= 0.3 is 0 Å². The van der Waals surface area contributed by atoms with E-state index >= 15 is 0 Å². The molecule has 1 aliphatic rings. The molecule has 0 amide bonds. The molecule has 0 aromatic carbocycles. The highest BCUT2D eigenvalue weighted by Gasteiger charge is 2.20. The third-order valence-electron chi connectivity index (χ3n) is 3.98. The van der Waals surface area contributed by atoms with E-state index in [2.05, 4.69) is 19.5 Å². The van der Waals surface area contributed by atoms with E-state index in [1.165, 1.54) is 32.1 Å². The van der Waals surface area contributed by atoms with Crippen LogP contribution in [0.3, 0.4) is 0 Å². The van der Waals surface area contributed by atoms with Gasteiger partial charge in [0.1, 0.15) is 0 Å². The van der Waals surface area contributed by atoms with Gasteiger partial charge in [-0.05, 0) is 32.6 Å². The Morgan fingerprint density at radius 1 is 1.25 bits per heavy atom. The summed E-state index contributed by atoms with van der Waals surface area (Å²) in [6.07, 6.45) is 8.40. The second-order valence-electron chi connectivity index (χ2n) is 5.60. The van der Waals surface area contributed by atoms with Gasteiger partial charge in [0.15, 0.2) is 5.65 Å². The summed E-state index contributed by atoms with van der Waals surface area (Å²) in [5, 5.41) is 0. The minimum atomic E-state index is 0.618. The van der Waals surface area contributed by atoms with Crippen LogP contribution in [0.25, 0.3) is 11.3 Å². The normalized spacial score (nSPS) is 16.7. The Morgan fingerprint density at radius 2 is 2.05 bits per heavy atom. The molecular formula is C15H22N4O. The number of nitrogens with zero attached hydrogens (tertiary/aromatic N) is 4. The maximum atomic E-state index is 5.68. The van der Waals surface area contributed by atoms with Crippen LogP contribution in [-0.2, 0) is 6.54 Å². The Kier molecular flexibility index (Phi) is 3.85. The SMILES string of the molecule is CCOc1nc2ncc(C)nc2n1CC1CCCCC1. The molecule has 0 N–H and O–H groups in total. The summed E-state index contributed by atoms with van der Waals surface area (Å²) in [6, 6.07) is 0.665. The fourth-order valence-corrected chi connectivity index (χ4v) is 2.99. The molecule has 0 atom stereocenters. The van der Waals surface area contributed by atoms with E-state index in [1.54, 1.807) is 6.20 Å². The summed E-state index contributed by atoms with van der Waals surface area (Å²) in [5.74, 6) is 0.711. The van der Waals surface area contributed by atoms with Crippen molar-refractivity contribution in [3.63, 3.8) is 0 Å².